The van der Waals surface area contributed by atoms with E-state index in [0.29, 0.717) is 0 Å². The molecule has 0 heterocycles. The van der Waals surface area contributed by atoms with Gasteiger partial charge in [-0.1, -0.05) is 51.1 Å². The van der Waals surface area contributed by atoms with Crippen LogP contribution in [-0.2, 0) is 10.3 Å². The summed E-state index contributed by atoms with van der Waals surface area (Å²) in [6.45, 7) is 8.07. The summed E-state index contributed by atoms with van der Waals surface area (Å²) in [6.07, 6.45) is 2.74. The smallest absolute Gasteiger partial charge is 0.244 e. The number of hydrogen-bond donors (Lipinski definition) is 2. The van der Waals surface area contributed by atoms with Gasteiger partial charge in [-0.2, -0.15) is 0 Å². The summed E-state index contributed by atoms with van der Waals surface area (Å²) < 4.78 is 0. The number of nitrogens with two attached hydrogens (primary N) is 1. The Morgan fingerprint density at radius 3 is 2.00 bits per heavy atom. The van der Waals surface area contributed by atoms with E-state index < -0.39 is 5.54 Å². The topological polar surface area (TPSA) is 55.1 Å². The van der Waals surface area contributed by atoms with E-state index in [-0.39, 0.29) is 11.4 Å². The summed E-state index contributed by atoms with van der Waals surface area (Å²) in [5.41, 5.74) is 5.94. The molecular formula is C16H26N2O. The van der Waals surface area contributed by atoms with E-state index in [2.05, 4.69) is 26.1 Å². The average molecular weight is 262 g/mol. The third kappa shape index (κ3) is 3.35. The lowest BCUT2D eigenvalue weighted by molar-refractivity contribution is -0.128. The second kappa shape index (κ2) is 6.20. The molecule has 1 unspecified atom stereocenters. The number of rotatable bonds is 6. The van der Waals surface area contributed by atoms with Crippen LogP contribution in [0.25, 0.3) is 0 Å². The molecule has 0 saturated heterocycles. The highest BCUT2D eigenvalue weighted by Crippen LogP contribution is 2.23. The molecule has 0 aliphatic rings. The Morgan fingerprint density at radius 1 is 1.11 bits per heavy atom. The molecule has 0 aromatic heterocycles. The van der Waals surface area contributed by atoms with Gasteiger partial charge < -0.3 is 11.1 Å². The molecule has 1 atom stereocenters. The maximum absolute atomic E-state index is 12.5. The van der Waals surface area contributed by atoms with Gasteiger partial charge in [-0.25, -0.2) is 0 Å². The molecule has 0 bridgehead atoms. The van der Waals surface area contributed by atoms with Crippen LogP contribution < -0.4 is 11.1 Å². The Hall–Kier alpha value is -1.35. The van der Waals surface area contributed by atoms with Crippen LogP contribution in [-0.4, -0.2) is 11.4 Å². The largest absolute Gasteiger partial charge is 0.349 e. The summed E-state index contributed by atoms with van der Waals surface area (Å²) in [5.74, 6) is -0.107. The molecule has 0 radical (unpaired) electrons. The van der Waals surface area contributed by atoms with Crippen molar-refractivity contribution >= 4 is 5.91 Å². The first kappa shape index (κ1) is 15.7. The fourth-order valence-electron chi connectivity index (χ4n) is 2.30. The Kier molecular flexibility index (Phi) is 5.12. The van der Waals surface area contributed by atoms with Crippen molar-refractivity contribution in [3.8, 4) is 0 Å². The van der Waals surface area contributed by atoms with E-state index in [4.69, 9.17) is 5.73 Å². The zero-order valence-electron chi connectivity index (χ0n) is 12.5. The Bertz CT molecular complexity index is 400. The summed E-state index contributed by atoms with van der Waals surface area (Å²) in [6, 6.07) is 9.52. The predicted octanol–water partition coefficient (Wildman–Crippen LogP) is 2.95. The van der Waals surface area contributed by atoms with Gasteiger partial charge in [0.05, 0.1) is 0 Å². The molecule has 1 aromatic rings. The fourth-order valence-corrected chi connectivity index (χ4v) is 2.30. The minimum Gasteiger partial charge on any atom is -0.349 e. The Balaban J connectivity index is 2.94. The van der Waals surface area contributed by atoms with Crippen molar-refractivity contribution in [1.29, 1.82) is 0 Å². The lowest BCUT2D eigenvalue weighted by Crippen LogP contribution is -2.57. The van der Waals surface area contributed by atoms with Crippen molar-refractivity contribution in [2.45, 2.75) is 58.0 Å². The van der Waals surface area contributed by atoms with Crippen LogP contribution in [0.2, 0.25) is 0 Å². The minimum absolute atomic E-state index is 0.107. The number of carbonyl (C=O) groups is 1. The van der Waals surface area contributed by atoms with Gasteiger partial charge >= 0.3 is 0 Å². The molecule has 3 nitrogen and oxygen atoms in total. The first-order valence-corrected chi connectivity index (χ1v) is 7.09. The van der Waals surface area contributed by atoms with E-state index >= 15 is 0 Å². The maximum Gasteiger partial charge on any atom is 0.244 e. The van der Waals surface area contributed by atoms with E-state index in [9.17, 15) is 4.79 Å². The molecule has 3 heteroatoms. The molecule has 19 heavy (non-hydrogen) atoms. The molecule has 0 spiro atoms. The lowest BCUT2D eigenvalue weighted by atomic mass is 9.86. The number of benzene rings is 1. The fraction of sp³-hybridized carbons (Fsp3) is 0.562. The zero-order chi connectivity index (χ0) is 14.5. The van der Waals surface area contributed by atoms with Crippen LogP contribution >= 0.6 is 0 Å². The van der Waals surface area contributed by atoms with Gasteiger partial charge in [0, 0.05) is 5.54 Å². The molecule has 3 N–H and O–H groups in total. The van der Waals surface area contributed by atoms with Crippen molar-refractivity contribution in [2.24, 2.45) is 5.73 Å². The van der Waals surface area contributed by atoms with Gasteiger partial charge in [0.15, 0.2) is 0 Å². The number of nitrogens with one attached hydrogen (secondary N) is 1. The SMILES string of the molecule is CCC(CC)(CC)NC(=O)C(C)(N)c1ccccc1. The highest BCUT2D eigenvalue weighted by atomic mass is 16.2. The third-order valence-electron chi connectivity index (χ3n) is 4.25. The normalized spacial score (nSPS) is 14.8. The van der Waals surface area contributed by atoms with Gasteiger partial charge in [0.25, 0.3) is 0 Å². The van der Waals surface area contributed by atoms with Crippen molar-refractivity contribution in [3.05, 3.63) is 35.9 Å². The van der Waals surface area contributed by atoms with E-state index in [1.54, 1.807) is 6.92 Å². The Morgan fingerprint density at radius 2 is 1.58 bits per heavy atom. The van der Waals surface area contributed by atoms with Gasteiger partial charge in [-0.3, -0.25) is 4.79 Å². The van der Waals surface area contributed by atoms with Gasteiger partial charge in [0.2, 0.25) is 5.91 Å². The molecule has 0 aliphatic heterocycles. The van der Waals surface area contributed by atoms with Crippen LogP contribution in [0.1, 0.15) is 52.5 Å². The summed E-state index contributed by atoms with van der Waals surface area (Å²) >= 11 is 0. The Labute approximate surface area is 116 Å². The first-order valence-electron chi connectivity index (χ1n) is 7.09. The standard InChI is InChI=1S/C16H26N2O/c1-5-16(6-2,7-3)18-14(19)15(4,17)13-11-9-8-10-12-13/h8-12H,5-7,17H2,1-4H3,(H,18,19). The lowest BCUT2D eigenvalue weighted by Gasteiger charge is -2.36. The second-order valence-electron chi connectivity index (χ2n) is 5.36. The monoisotopic (exact) mass is 262 g/mol. The van der Waals surface area contributed by atoms with Gasteiger partial charge in [0.1, 0.15) is 5.54 Å². The average Bonchev–Trinajstić information content (AvgIpc) is 2.45. The van der Waals surface area contributed by atoms with Gasteiger partial charge in [-0.05, 0) is 31.7 Å². The van der Waals surface area contributed by atoms with E-state index in [1.165, 1.54) is 0 Å². The number of carbonyl (C=O) groups excluding carboxylic acids is 1. The molecule has 106 valence electrons. The molecule has 1 amide bonds. The maximum atomic E-state index is 12.5. The van der Waals surface area contributed by atoms with Crippen LogP contribution in [0.4, 0.5) is 0 Å². The van der Waals surface area contributed by atoms with Crippen LogP contribution in [0.3, 0.4) is 0 Å². The van der Waals surface area contributed by atoms with Crippen molar-refractivity contribution < 1.29 is 4.79 Å². The molecule has 0 saturated carbocycles. The number of hydrogen-bond acceptors (Lipinski definition) is 2. The third-order valence-corrected chi connectivity index (χ3v) is 4.25. The predicted molar refractivity (Wildman–Crippen MR) is 79.7 cm³/mol. The second-order valence-corrected chi connectivity index (χ2v) is 5.36. The molecule has 0 aliphatic carbocycles. The van der Waals surface area contributed by atoms with Crippen molar-refractivity contribution in [2.75, 3.05) is 0 Å². The quantitative estimate of drug-likeness (QED) is 0.828. The summed E-state index contributed by atoms with van der Waals surface area (Å²) in [5, 5.41) is 3.15. The van der Waals surface area contributed by atoms with E-state index in [1.807, 2.05) is 30.3 Å². The highest BCUT2D eigenvalue weighted by molar-refractivity contribution is 5.87. The van der Waals surface area contributed by atoms with Crippen molar-refractivity contribution in [1.82, 2.24) is 5.32 Å². The molecular weight excluding hydrogens is 236 g/mol. The number of amides is 1. The summed E-state index contributed by atoms with van der Waals surface area (Å²) in [4.78, 5) is 12.5. The van der Waals surface area contributed by atoms with Crippen LogP contribution in [0.15, 0.2) is 30.3 Å². The van der Waals surface area contributed by atoms with Crippen molar-refractivity contribution in [3.63, 3.8) is 0 Å². The summed E-state index contributed by atoms with van der Waals surface area (Å²) in [7, 11) is 0. The minimum atomic E-state index is -0.994. The zero-order valence-corrected chi connectivity index (χ0v) is 12.5. The molecule has 0 fully saturated rings. The highest BCUT2D eigenvalue weighted by Gasteiger charge is 2.35. The van der Waals surface area contributed by atoms with Crippen LogP contribution in [0, 0.1) is 0 Å². The van der Waals surface area contributed by atoms with Crippen LogP contribution in [0.5, 0.6) is 0 Å². The first-order chi connectivity index (χ1) is 8.91. The molecule has 1 rings (SSSR count). The van der Waals surface area contributed by atoms with E-state index in [0.717, 1.165) is 24.8 Å². The molecule has 1 aromatic carbocycles. The van der Waals surface area contributed by atoms with Gasteiger partial charge in [-0.15, -0.1) is 0 Å².